The zero-order chi connectivity index (χ0) is 15.5. The van der Waals surface area contributed by atoms with Gasteiger partial charge in [0.2, 0.25) is 17.2 Å². The van der Waals surface area contributed by atoms with E-state index in [9.17, 15) is 14.4 Å². The summed E-state index contributed by atoms with van der Waals surface area (Å²) in [4.78, 5) is 36.7. The van der Waals surface area contributed by atoms with Crippen molar-refractivity contribution in [2.75, 3.05) is 6.61 Å². The number of fused-ring (bicyclic) bond motifs is 1. The number of ketones is 2. The number of rotatable bonds is 6. The quantitative estimate of drug-likeness (QED) is 0.492. The van der Waals surface area contributed by atoms with Gasteiger partial charge in [-0.2, -0.15) is 0 Å². The molecule has 0 atom stereocenters. The van der Waals surface area contributed by atoms with Gasteiger partial charge in [0.1, 0.15) is 6.61 Å². The topological polar surface area (TPSA) is 80.7 Å². The van der Waals surface area contributed by atoms with E-state index in [-0.39, 0.29) is 17.5 Å². The Morgan fingerprint density at radius 2 is 1.71 bits per heavy atom. The summed E-state index contributed by atoms with van der Waals surface area (Å²) in [6.45, 7) is 1.14. The van der Waals surface area contributed by atoms with Gasteiger partial charge < -0.3 is 9.84 Å². The van der Waals surface area contributed by atoms with Crippen molar-refractivity contribution in [2.24, 2.45) is 0 Å². The third-order valence-corrected chi connectivity index (χ3v) is 3.70. The molecule has 0 saturated heterocycles. The number of ether oxygens (including phenoxy) is 1. The highest BCUT2D eigenvalue weighted by Gasteiger charge is 2.55. The normalized spacial score (nSPS) is 15.9. The predicted molar refractivity (Wildman–Crippen MR) is 75.2 cm³/mol. The molecule has 1 aliphatic carbocycles. The summed E-state index contributed by atoms with van der Waals surface area (Å²) in [7, 11) is 0. The van der Waals surface area contributed by atoms with Crippen LogP contribution in [0.25, 0.3) is 0 Å². The zero-order valence-corrected chi connectivity index (χ0v) is 11.9. The Labute approximate surface area is 122 Å². The van der Waals surface area contributed by atoms with Crippen LogP contribution in [-0.4, -0.2) is 34.9 Å². The summed E-state index contributed by atoms with van der Waals surface area (Å²) in [5.41, 5.74) is -1.23. The Morgan fingerprint density at radius 1 is 1.14 bits per heavy atom. The first-order valence-electron chi connectivity index (χ1n) is 7.08. The van der Waals surface area contributed by atoms with Crippen molar-refractivity contribution < 1.29 is 24.2 Å². The molecule has 2 rings (SSSR count). The Morgan fingerprint density at radius 3 is 2.19 bits per heavy atom. The minimum Gasteiger partial charge on any atom is -0.440 e. The molecule has 1 aromatic rings. The van der Waals surface area contributed by atoms with Crippen LogP contribution in [0.2, 0.25) is 0 Å². The van der Waals surface area contributed by atoms with Gasteiger partial charge >= 0.3 is 5.97 Å². The van der Waals surface area contributed by atoms with Crippen LogP contribution in [-0.2, 0) is 9.53 Å². The molecule has 1 N–H and O–H groups in total. The number of Topliss-reactive ketones (excluding diaryl/α,β-unsaturated/α-hetero) is 2. The van der Waals surface area contributed by atoms with E-state index in [0.29, 0.717) is 6.42 Å². The van der Waals surface area contributed by atoms with E-state index in [4.69, 9.17) is 9.84 Å². The lowest BCUT2D eigenvalue weighted by molar-refractivity contribution is -0.155. The summed E-state index contributed by atoms with van der Waals surface area (Å²) < 4.78 is 5.11. The standard InChI is InChI=1S/C16H18O5/c1-2-3-6-9-16(21-13(18)10-17)14(19)11-7-4-5-8-12(11)15(16)20/h4-5,7-8,17H,2-3,6,9-10H2,1H3. The van der Waals surface area contributed by atoms with Crippen molar-refractivity contribution in [2.45, 2.75) is 38.2 Å². The Balaban J connectivity index is 2.39. The summed E-state index contributed by atoms with van der Waals surface area (Å²) in [6, 6.07) is 6.45. The van der Waals surface area contributed by atoms with Crippen LogP contribution in [0.4, 0.5) is 0 Å². The smallest absolute Gasteiger partial charge is 0.333 e. The minimum atomic E-state index is -1.79. The average Bonchev–Trinajstić information content (AvgIpc) is 2.71. The maximum atomic E-state index is 12.6. The number of hydrogen-bond acceptors (Lipinski definition) is 5. The van der Waals surface area contributed by atoms with E-state index < -0.39 is 29.7 Å². The molecule has 5 heteroatoms. The van der Waals surface area contributed by atoms with Gasteiger partial charge in [-0.1, -0.05) is 44.0 Å². The second-order valence-corrected chi connectivity index (χ2v) is 5.12. The third kappa shape index (κ3) is 2.61. The summed E-state index contributed by atoms with van der Waals surface area (Å²) in [5, 5.41) is 8.87. The van der Waals surface area contributed by atoms with Gasteiger partial charge in [-0.15, -0.1) is 0 Å². The maximum absolute atomic E-state index is 12.6. The van der Waals surface area contributed by atoms with E-state index in [0.717, 1.165) is 12.8 Å². The molecule has 0 bridgehead atoms. The zero-order valence-electron chi connectivity index (χ0n) is 11.9. The average molecular weight is 290 g/mol. The molecule has 1 aliphatic rings. The van der Waals surface area contributed by atoms with Gasteiger partial charge in [-0.05, 0) is 6.42 Å². The fourth-order valence-corrected chi connectivity index (χ4v) is 2.64. The second-order valence-electron chi connectivity index (χ2n) is 5.12. The molecule has 0 amide bonds. The lowest BCUT2D eigenvalue weighted by Crippen LogP contribution is -2.46. The van der Waals surface area contributed by atoms with Gasteiger partial charge in [0.25, 0.3) is 0 Å². The first-order valence-corrected chi connectivity index (χ1v) is 7.08. The minimum absolute atomic E-state index is 0.152. The molecule has 0 fully saturated rings. The summed E-state index contributed by atoms with van der Waals surface area (Å²) in [5.74, 6) is -1.93. The Kier molecular flexibility index (Phi) is 4.53. The SMILES string of the molecule is CCCCCC1(OC(=O)CO)C(=O)c2ccccc2C1=O. The van der Waals surface area contributed by atoms with Crippen LogP contribution in [0.1, 0.15) is 53.3 Å². The summed E-state index contributed by atoms with van der Waals surface area (Å²) >= 11 is 0. The van der Waals surface area contributed by atoms with Crippen LogP contribution in [0.15, 0.2) is 24.3 Å². The van der Waals surface area contributed by atoms with Gasteiger partial charge in [-0.25, -0.2) is 4.79 Å². The number of hydrogen-bond donors (Lipinski definition) is 1. The lowest BCUT2D eigenvalue weighted by Gasteiger charge is -2.25. The molecule has 112 valence electrons. The molecule has 0 spiro atoms. The largest absolute Gasteiger partial charge is 0.440 e. The molecule has 0 aromatic heterocycles. The van der Waals surface area contributed by atoms with Crippen molar-refractivity contribution in [3.8, 4) is 0 Å². The van der Waals surface area contributed by atoms with E-state index in [1.165, 1.54) is 0 Å². The molecule has 0 heterocycles. The first kappa shape index (κ1) is 15.4. The van der Waals surface area contributed by atoms with E-state index in [1.807, 2.05) is 6.92 Å². The molecule has 0 aliphatic heterocycles. The molecule has 5 nitrogen and oxygen atoms in total. The van der Waals surface area contributed by atoms with Crippen LogP contribution in [0, 0.1) is 0 Å². The van der Waals surface area contributed by atoms with Crippen molar-refractivity contribution in [1.82, 2.24) is 0 Å². The van der Waals surface area contributed by atoms with Crippen molar-refractivity contribution in [3.63, 3.8) is 0 Å². The predicted octanol–water partition coefficient (Wildman–Crippen LogP) is 1.92. The van der Waals surface area contributed by atoms with Gasteiger partial charge in [0, 0.05) is 17.5 Å². The summed E-state index contributed by atoms with van der Waals surface area (Å²) in [6.07, 6.45) is 2.49. The molecule has 21 heavy (non-hydrogen) atoms. The number of esters is 1. The molecule has 0 radical (unpaired) electrons. The highest BCUT2D eigenvalue weighted by atomic mass is 16.6. The van der Waals surface area contributed by atoms with E-state index in [1.54, 1.807) is 24.3 Å². The van der Waals surface area contributed by atoms with Crippen LogP contribution >= 0.6 is 0 Å². The van der Waals surface area contributed by atoms with E-state index in [2.05, 4.69) is 0 Å². The van der Waals surface area contributed by atoms with Crippen LogP contribution < -0.4 is 0 Å². The van der Waals surface area contributed by atoms with Crippen LogP contribution in [0.3, 0.4) is 0 Å². The molecule has 0 saturated carbocycles. The fourth-order valence-electron chi connectivity index (χ4n) is 2.64. The second kappa shape index (κ2) is 6.18. The number of unbranched alkanes of at least 4 members (excludes halogenated alkanes) is 2. The number of aliphatic hydroxyl groups is 1. The molecular weight excluding hydrogens is 272 g/mol. The fraction of sp³-hybridized carbons (Fsp3) is 0.438. The van der Waals surface area contributed by atoms with Crippen molar-refractivity contribution in [3.05, 3.63) is 35.4 Å². The maximum Gasteiger partial charge on any atom is 0.333 e. The Hall–Kier alpha value is -2.01. The van der Waals surface area contributed by atoms with E-state index >= 15 is 0 Å². The Bertz CT molecular complexity index is 541. The molecular formula is C16H18O5. The number of carbonyl (C=O) groups excluding carboxylic acids is 3. The lowest BCUT2D eigenvalue weighted by atomic mass is 9.90. The van der Waals surface area contributed by atoms with Crippen molar-refractivity contribution >= 4 is 17.5 Å². The molecule has 1 aromatic carbocycles. The monoisotopic (exact) mass is 290 g/mol. The number of benzene rings is 1. The number of carbonyl (C=O) groups is 3. The molecule has 0 unspecified atom stereocenters. The first-order chi connectivity index (χ1) is 10.1. The van der Waals surface area contributed by atoms with Crippen LogP contribution in [0.5, 0.6) is 0 Å². The third-order valence-electron chi connectivity index (χ3n) is 3.70. The number of aliphatic hydroxyl groups excluding tert-OH is 1. The van der Waals surface area contributed by atoms with Gasteiger partial charge in [-0.3, -0.25) is 9.59 Å². The highest BCUT2D eigenvalue weighted by Crippen LogP contribution is 2.36. The van der Waals surface area contributed by atoms with Gasteiger partial charge in [0.05, 0.1) is 0 Å². The van der Waals surface area contributed by atoms with Crippen molar-refractivity contribution in [1.29, 1.82) is 0 Å². The highest BCUT2D eigenvalue weighted by molar-refractivity contribution is 6.32. The van der Waals surface area contributed by atoms with Gasteiger partial charge in [0.15, 0.2) is 0 Å².